The van der Waals surface area contributed by atoms with Crippen LogP contribution < -0.4 is 10.1 Å². The molecule has 2 aliphatic rings. The van der Waals surface area contributed by atoms with Crippen molar-refractivity contribution < 1.29 is 4.74 Å². The van der Waals surface area contributed by atoms with E-state index in [1.807, 2.05) is 0 Å². The molecule has 1 spiro atoms. The second-order valence-electron chi connectivity index (χ2n) is 8.43. The zero-order valence-electron chi connectivity index (χ0n) is 17.1. The highest BCUT2D eigenvalue weighted by Crippen LogP contribution is 2.40. The smallest absolute Gasteiger partial charge is 0.130 e. The fraction of sp³-hybridized carbons (Fsp3) is 0.360. The fourth-order valence-electron chi connectivity index (χ4n) is 4.56. The summed E-state index contributed by atoms with van der Waals surface area (Å²) in [6, 6.07) is 14.9. The van der Waals surface area contributed by atoms with Crippen LogP contribution >= 0.6 is 0 Å². The summed E-state index contributed by atoms with van der Waals surface area (Å²) < 4.78 is 6.58. The quantitative estimate of drug-likeness (QED) is 0.639. The number of nitrogens with zero attached hydrogens (tertiary/aromatic N) is 1. The van der Waals surface area contributed by atoms with Gasteiger partial charge in [-0.15, -0.1) is 0 Å². The Morgan fingerprint density at radius 1 is 1.10 bits per heavy atom. The first-order chi connectivity index (χ1) is 14.2. The van der Waals surface area contributed by atoms with Crippen molar-refractivity contribution in [3.8, 4) is 5.75 Å². The van der Waals surface area contributed by atoms with Crippen LogP contribution in [0.4, 0.5) is 0 Å². The molecular formula is C25H29N3O. The van der Waals surface area contributed by atoms with Gasteiger partial charge in [-0.25, -0.2) is 0 Å². The minimum absolute atomic E-state index is 0.124. The van der Waals surface area contributed by atoms with Crippen molar-refractivity contribution in [1.82, 2.24) is 15.2 Å². The summed E-state index contributed by atoms with van der Waals surface area (Å²) >= 11 is 0. The zero-order valence-corrected chi connectivity index (χ0v) is 17.1. The fourth-order valence-corrected chi connectivity index (χ4v) is 4.56. The highest BCUT2D eigenvalue weighted by molar-refractivity contribution is 5.94. The molecule has 2 aromatic carbocycles. The Morgan fingerprint density at radius 2 is 1.93 bits per heavy atom. The maximum Gasteiger partial charge on any atom is 0.130 e. The molecule has 0 aliphatic carbocycles. The van der Waals surface area contributed by atoms with Crippen molar-refractivity contribution in [2.75, 3.05) is 26.7 Å². The van der Waals surface area contributed by atoms with Gasteiger partial charge in [0.15, 0.2) is 0 Å². The zero-order chi connectivity index (χ0) is 19.7. The highest BCUT2D eigenvalue weighted by atomic mass is 16.5. The average Bonchev–Trinajstić information content (AvgIpc) is 3.17. The first-order valence-electron chi connectivity index (χ1n) is 10.7. The van der Waals surface area contributed by atoms with Crippen LogP contribution in [0.1, 0.15) is 29.5 Å². The SMILES string of the molecule is CN1CCC2(C=Cc3c(ccc4[nH]cc(CCNCc5ccccc5)c34)O2)CC1. The van der Waals surface area contributed by atoms with Gasteiger partial charge in [0.2, 0.25) is 0 Å². The van der Waals surface area contributed by atoms with Crippen molar-refractivity contribution >= 4 is 17.0 Å². The number of aromatic amines is 1. The van der Waals surface area contributed by atoms with Gasteiger partial charge >= 0.3 is 0 Å². The minimum atomic E-state index is -0.124. The largest absolute Gasteiger partial charge is 0.482 e. The van der Waals surface area contributed by atoms with Crippen LogP contribution in [0.3, 0.4) is 0 Å². The molecule has 4 nitrogen and oxygen atoms in total. The van der Waals surface area contributed by atoms with Crippen LogP contribution in [-0.4, -0.2) is 42.2 Å². The minimum Gasteiger partial charge on any atom is -0.482 e. The van der Waals surface area contributed by atoms with Crippen LogP contribution in [0.15, 0.2) is 54.7 Å². The molecule has 2 N–H and O–H groups in total. The first kappa shape index (κ1) is 18.5. The molecular weight excluding hydrogens is 358 g/mol. The number of hydrogen-bond donors (Lipinski definition) is 2. The summed E-state index contributed by atoms with van der Waals surface area (Å²) in [7, 11) is 2.19. The topological polar surface area (TPSA) is 40.3 Å². The maximum atomic E-state index is 6.58. The lowest BCUT2D eigenvalue weighted by Crippen LogP contribution is -2.46. The molecule has 0 atom stereocenters. The Bertz CT molecular complexity index is 1010. The van der Waals surface area contributed by atoms with E-state index in [4.69, 9.17) is 4.74 Å². The van der Waals surface area contributed by atoms with Crippen molar-refractivity contribution in [1.29, 1.82) is 0 Å². The summed E-state index contributed by atoms with van der Waals surface area (Å²) in [6.07, 6.45) is 9.88. The van der Waals surface area contributed by atoms with E-state index in [0.717, 1.165) is 51.2 Å². The van der Waals surface area contributed by atoms with E-state index < -0.39 is 0 Å². The van der Waals surface area contributed by atoms with Crippen molar-refractivity contribution in [2.24, 2.45) is 0 Å². The molecule has 1 aromatic heterocycles. The Labute approximate surface area is 172 Å². The molecule has 0 amide bonds. The molecule has 5 rings (SSSR count). The second kappa shape index (κ2) is 7.69. The number of aromatic nitrogens is 1. The van der Waals surface area contributed by atoms with E-state index in [9.17, 15) is 0 Å². The number of H-pyrrole nitrogens is 1. The summed E-state index contributed by atoms with van der Waals surface area (Å²) in [4.78, 5) is 5.83. The predicted octanol–water partition coefficient (Wildman–Crippen LogP) is 4.37. The molecule has 0 unspecified atom stereocenters. The monoisotopic (exact) mass is 387 g/mol. The molecule has 29 heavy (non-hydrogen) atoms. The molecule has 3 heterocycles. The van der Waals surface area contributed by atoms with Gasteiger partial charge in [-0.1, -0.05) is 36.4 Å². The van der Waals surface area contributed by atoms with Gasteiger partial charge in [0.1, 0.15) is 11.4 Å². The second-order valence-corrected chi connectivity index (χ2v) is 8.43. The maximum absolute atomic E-state index is 6.58. The molecule has 1 fully saturated rings. The van der Waals surface area contributed by atoms with E-state index in [2.05, 4.69) is 83.1 Å². The molecule has 4 heteroatoms. The molecule has 2 aliphatic heterocycles. The third-order valence-corrected chi connectivity index (χ3v) is 6.37. The first-order valence-corrected chi connectivity index (χ1v) is 10.7. The van der Waals surface area contributed by atoms with Crippen molar-refractivity contribution in [3.63, 3.8) is 0 Å². The number of rotatable bonds is 5. The molecule has 3 aromatic rings. The van der Waals surface area contributed by atoms with Crippen LogP contribution in [0.5, 0.6) is 5.75 Å². The third-order valence-electron chi connectivity index (χ3n) is 6.37. The standard InChI is InChI=1S/C25H29N3O/c1-28-15-12-25(13-16-28)11-9-21-23(29-25)8-7-22-24(21)20(18-27-22)10-14-26-17-19-5-3-2-4-6-19/h2-9,11,18,26-27H,10,12-17H2,1H3. The van der Waals surface area contributed by atoms with Gasteiger partial charge < -0.3 is 19.9 Å². The number of benzene rings is 2. The number of fused-ring (bicyclic) bond motifs is 3. The van der Waals surface area contributed by atoms with Gasteiger partial charge in [-0.3, -0.25) is 0 Å². The molecule has 1 saturated heterocycles. The molecule has 0 radical (unpaired) electrons. The van der Waals surface area contributed by atoms with E-state index in [1.54, 1.807) is 0 Å². The Morgan fingerprint density at radius 3 is 2.76 bits per heavy atom. The van der Waals surface area contributed by atoms with Gasteiger partial charge in [0.25, 0.3) is 0 Å². The van der Waals surface area contributed by atoms with Crippen LogP contribution in [0.25, 0.3) is 17.0 Å². The lowest BCUT2D eigenvalue weighted by Gasteiger charge is -2.41. The lowest BCUT2D eigenvalue weighted by atomic mass is 9.87. The molecule has 0 saturated carbocycles. The highest BCUT2D eigenvalue weighted by Gasteiger charge is 2.36. The van der Waals surface area contributed by atoms with Crippen molar-refractivity contribution in [2.45, 2.75) is 31.4 Å². The summed E-state index contributed by atoms with van der Waals surface area (Å²) in [5.41, 5.74) is 4.97. The van der Waals surface area contributed by atoms with Gasteiger partial charge in [0.05, 0.1) is 0 Å². The average molecular weight is 388 g/mol. The number of piperidine rings is 1. The van der Waals surface area contributed by atoms with E-state index in [1.165, 1.54) is 27.6 Å². The normalized spacial score (nSPS) is 18.1. The third kappa shape index (κ3) is 3.70. The van der Waals surface area contributed by atoms with E-state index >= 15 is 0 Å². The Balaban J connectivity index is 1.32. The van der Waals surface area contributed by atoms with Gasteiger partial charge in [-0.05, 0) is 49.3 Å². The Kier molecular flexibility index (Phi) is 4.90. The van der Waals surface area contributed by atoms with Gasteiger partial charge in [-0.2, -0.15) is 0 Å². The molecule has 0 bridgehead atoms. The number of ether oxygens (including phenoxy) is 1. The van der Waals surface area contributed by atoms with Crippen molar-refractivity contribution in [3.05, 3.63) is 71.4 Å². The van der Waals surface area contributed by atoms with E-state index in [-0.39, 0.29) is 5.60 Å². The number of hydrogen-bond acceptors (Lipinski definition) is 3. The summed E-state index contributed by atoms with van der Waals surface area (Å²) in [5.74, 6) is 1.03. The van der Waals surface area contributed by atoms with Crippen LogP contribution in [0, 0.1) is 0 Å². The number of likely N-dealkylation sites (tertiary alicyclic amines) is 1. The van der Waals surface area contributed by atoms with E-state index in [0.29, 0.717) is 0 Å². The predicted molar refractivity (Wildman–Crippen MR) is 119 cm³/mol. The lowest BCUT2D eigenvalue weighted by molar-refractivity contribution is 0.0475. The van der Waals surface area contributed by atoms with Gasteiger partial charge in [0, 0.05) is 55.1 Å². The summed E-state index contributed by atoms with van der Waals surface area (Å²) in [6.45, 7) is 4.03. The molecule has 150 valence electrons. The number of nitrogens with one attached hydrogen (secondary N) is 2. The van der Waals surface area contributed by atoms with Crippen LogP contribution in [0.2, 0.25) is 0 Å². The van der Waals surface area contributed by atoms with Crippen LogP contribution in [-0.2, 0) is 13.0 Å². The summed E-state index contributed by atoms with van der Waals surface area (Å²) in [5, 5.41) is 4.88. The Hall–Kier alpha value is -2.56.